The Morgan fingerprint density at radius 3 is 2.83 bits per heavy atom. The average molecular weight is 253 g/mol. The smallest absolute Gasteiger partial charge is 0.289 e. The molecule has 1 aromatic heterocycles. The Balaban J connectivity index is 2.12. The maximum absolute atomic E-state index is 12.3. The third-order valence-electron chi connectivity index (χ3n) is 3.28. The van der Waals surface area contributed by atoms with E-state index in [1.807, 2.05) is 6.92 Å². The quantitative estimate of drug-likeness (QED) is 0.815. The van der Waals surface area contributed by atoms with Gasteiger partial charge in [0.05, 0.1) is 18.8 Å². The van der Waals surface area contributed by atoms with Crippen LogP contribution < -0.4 is 0 Å². The second kappa shape index (κ2) is 5.54. The van der Waals surface area contributed by atoms with Crippen molar-refractivity contribution in [1.29, 1.82) is 0 Å². The van der Waals surface area contributed by atoms with Crippen molar-refractivity contribution in [2.75, 3.05) is 27.4 Å². The molecule has 1 fully saturated rings. The number of amides is 1. The first kappa shape index (κ1) is 13.1. The number of carbonyl (C=O) groups is 1. The first-order chi connectivity index (χ1) is 8.65. The Hall–Kier alpha value is -1.33. The first-order valence-corrected chi connectivity index (χ1v) is 6.04. The molecule has 0 saturated carbocycles. The summed E-state index contributed by atoms with van der Waals surface area (Å²) in [5, 5.41) is 0. The predicted octanol–water partition coefficient (Wildman–Crippen LogP) is 1.46. The van der Waals surface area contributed by atoms with Gasteiger partial charge in [-0.1, -0.05) is 0 Å². The van der Waals surface area contributed by atoms with Crippen LogP contribution in [0.5, 0.6) is 0 Å². The van der Waals surface area contributed by atoms with Crippen LogP contribution in [0, 0.1) is 6.92 Å². The van der Waals surface area contributed by atoms with Crippen molar-refractivity contribution >= 4 is 5.91 Å². The molecule has 0 aliphatic carbocycles. The fraction of sp³-hybridized carbons (Fsp3) is 0.615. The molecule has 2 rings (SSSR count). The highest BCUT2D eigenvalue weighted by Gasteiger charge is 2.36. The Morgan fingerprint density at radius 1 is 1.50 bits per heavy atom. The van der Waals surface area contributed by atoms with Gasteiger partial charge in [-0.25, -0.2) is 0 Å². The van der Waals surface area contributed by atoms with Crippen LogP contribution in [-0.4, -0.2) is 50.3 Å². The summed E-state index contributed by atoms with van der Waals surface area (Å²) in [6.45, 7) is 2.93. The molecule has 2 atom stereocenters. The molecule has 1 aromatic rings. The van der Waals surface area contributed by atoms with Crippen LogP contribution in [-0.2, 0) is 9.47 Å². The zero-order chi connectivity index (χ0) is 13.1. The molecule has 0 unspecified atom stereocenters. The number of ether oxygens (including phenoxy) is 2. The highest BCUT2D eigenvalue weighted by atomic mass is 16.5. The van der Waals surface area contributed by atoms with E-state index in [0.29, 0.717) is 18.9 Å². The molecule has 1 aliphatic rings. The van der Waals surface area contributed by atoms with E-state index in [9.17, 15) is 4.79 Å². The maximum atomic E-state index is 12.3. The summed E-state index contributed by atoms with van der Waals surface area (Å²) in [7, 11) is 3.30. The topological polar surface area (TPSA) is 51.9 Å². The molecule has 5 nitrogen and oxygen atoms in total. The van der Waals surface area contributed by atoms with Gasteiger partial charge in [0.25, 0.3) is 5.91 Å². The molecule has 0 bridgehead atoms. The minimum absolute atomic E-state index is 0.0536. The van der Waals surface area contributed by atoms with E-state index in [0.717, 1.165) is 12.2 Å². The Kier molecular flexibility index (Phi) is 4.04. The molecule has 1 amide bonds. The van der Waals surface area contributed by atoms with E-state index in [1.54, 1.807) is 31.3 Å². The second-order valence-electron chi connectivity index (χ2n) is 4.57. The summed E-state index contributed by atoms with van der Waals surface area (Å²) in [4.78, 5) is 14.1. The monoisotopic (exact) mass is 253 g/mol. The van der Waals surface area contributed by atoms with Crippen LogP contribution in [0.15, 0.2) is 16.5 Å². The summed E-state index contributed by atoms with van der Waals surface area (Å²) in [5.41, 5.74) is 0. The Morgan fingerprint density at radius 2 is 2.28 bits per heavy atom. The largest absolute Gasteiger partial charge is 0.456 e. The molecular formula is C13H19NO4. The number of likely N-dealkylation sites (tertiary alicyclic amines) is 1. The van der Waals surface area contributed by atoms with Gasteiger partial charge < -0.3 is 18.8 Å². The zero-order valence-corrected chi connectivity index (χ0v) is 11.0. The van der Waals surface area contributed by atoms with Gasteiger partial charge in [-0.2, -0.15) is 0 Å². The van der Waals surface area contributed by atoms with Crippen LogP contribution in [0.3, 0.4) is 0 Å². The minimum atomic E-state index is -0.0929. The van der Waals surface area contributed by atoms with Gasteiger partial charge in [0.2, 0.25) is 0 Å². The van der Waals surface area contributed by atoms with E-state index in [-0.39, 0.29) is 18.1 Å². The zero-order valence-electron chi connectivity index (χ0n) is 11.0. The van der Waals surface area contributed by atoms with Crippen molar-refractivity contribution < 1.29 is 18.7 Å². The van der Waals surface area contributed by atoms with Gasteiger partial charge in [-0.15, -0.1) is 0 Å². The van der Waals surface area contributed by atoms with E-state index in [1.165, 1.54) is 0 Å². The number of methoxy groups -OCH3 is 2. The van der Waals surface area contributed by atoms with Gasteiger partial charge in [0.15, 0.2) is 5.76 Å². The van der Waals surface area contributed by atoms with E-state index in [2.05, 4.69) is 0 Å². The van der Waals surface area contributed by atoms with Gasteiger partial charge in [0, 0.05) is 20.8 Å². The van der Waals surface area contributed by atoms with Crippen LogP contribution in [0.4, 0.5) is 0 Å². The Bertz CT molecular complexity index is 415. The lowest BCUT2D eigenvalue weighted by Gasteiger charge is -2.22. The van der Waals surface area contributed by atoms with Crippen molar-refractivity contribution in [1.82, 2.24) is 4.90 Å². The second-order valence-corrected chi connectivity index (χ2v) is 4.57. The number of furan rings is 1. The van der Waals surface area contributed by atoms with Crippen molar-refractivity contribution in [3.8, 4) is 0 Å². The molecular weight excluding hydrogens is 234 g/mol. The van der Waals surface area contributed by atoms with Gasteiger partial charge in [0.1, 0.15) is 5.76 Å². The lowest BCUT2D eigenvalue weighted by atomic mass is 10.2. The number of hydrogen-bond donors (Lipinski definition) is 0. The molecule has 100 valence electrons. The number of nitrogens with zero attached hydrogens (tertiary/aromatic N) is 1. The van der Waals surface area contributed by atoms with Gasteiger partial charge >= 0.3 is 0 Å². The fourth-order valence-corrected chi connectivity index (χ4v) is 2.33. The van der Waals surface area contributed by atoms with Crippen molar-refractivity contribution in [2.45, 2.75) is 25.5 Å². The fourth-order valence-electron chi connectivity index (χ4n) is 2.33. The third-order valence-corrected chi connectivity index (χ3v) is 3.28. The number of hydrogen-bond acceptors (Lipinski definition) is 4. The summed E-state index contributed by atoms with van der Waals surface area (Å²) in [6, 6.07) is 3.56. The van der Waals surface area contributed by atoms with Crippen LogP contribution in [0.1, 0.15) is 22.7 Å². The number of rotatable bonds is 4. The highest BCUT2D eigenvalue weighted by molar-refractivity contribution is 5.92. The average Bonchev–Trinajstić information content (AvgIpc) is 2.95. The van der Waals surface area contributed by atoms with E-state index < -0.39 is 0 Å². The molecule has 5 heteroatoms. The number of carbonyl (C=O) groups excluding carboxylic acids is 1. The van der Waals surface area contributed by atoms with Crippen molar-refractivity contribution in [3.63, 3.8) is 0 Å². The minimum Gasteiger partial charge on any atom is -0.456 e. The molecule has 0 radical (unpaired) electrons. The molecule has 0 N–H and O–H groups in total. The van der Waals surface area contributed by atoms with Crippen molar-refractivity contribution in [3.05, 3.63) is 23.7 Å². The standard InChI is InChI=1S/C13H19NO4/c1-9-4-5-12(18-9)13(15)14-7-11(17-3)6-10(14)8-16-2/h4-5,10-11H,6-8H2,1-3H3/t10-,11+/m0/s1. The predicted molar refractivity (Wildman–Crippen MR) is 65.6 cm³/mol. The lowest BCUT2D eigenvalue weighted by molar-refractivity contribution is 0.0581. The summed E-state index contributed by atoms with van der Waals surface area (Å²) >= 11 is 0. The van der Waals surface area contributed by atoms with Crippen LogP contribution in [0.25, 0.3) is 0 Å². The third kappa shape index (κ3) is 2.57. The molecule has 2 heterocycles. The first-order valence-electron chi connectivity index (χ1n) is 6.04. The van der Waals surface area contributed by atoms with Gasteiger partial charge in [-0.3, -0.25) is 4.79 Å². The molecule has 0 aromatic carbocycles. The summed E-state index contributed by atoms with van der Waals surface area (Å²) in [5.74, 6) is 1.03. The van der Waals surface area contributed by atoms with Crippen LogP contribution >= 0.6 is 0 Å². The summed E-state index contributed by atoms with van der Waals surface area (Å²) in [6.07, 6.45) is 0.876. The van der Waals surface area contributed by atoms with Gasteiger partial charge in [-0.05, 0) is 25.5 Å². The molecule has 18 heavy (non-hydrogen) atoms. The SMILES string of the molecule is COC[C@@H]1C[C@@H](OC)CN1C(=O)c1ccc(C)o1. The molecule has 1 saturated heterocycles. The summed E-state index contributed by atoms with van der Waals surface area (Å²) < 4.78 is 15.9. The normalized spacial score (nSPS) is 23.6. The number of aryl methyl sites for hydroxylation is 1. The van der Waals surface area contributed by atoms with Crippen molar-refractivity contribution in [2.24, 2.45) is 0 Å². The molecule has 1 aliphatic heterocycles. The lowest BCUT2D eigenvalue weighted by Crippen LogP contribution is -2.38. The van der Waals surface area contributed by atoms with E-state index in [4.69, 9.17) is 13.9 Å². The molecule has 0 spiro atoms. The maximum Gasteiger partial charge on any atom is 0.289 e. The Labute approximate surface area is 107 Å². The van der Waals surface area contributed by atoms with E-state index >= 15 is 0 Å². The highest BCUT2D eigenvalue weighted by Crippen LogP contribution is 2.23. The van der Waals surface area contributed by atoms with Crippen LogP contribution in [0.2, 0.25) is 0 Å².